The fourth-order valence-electron chi connectivity index (χ4n) is 2.44. The van der Waals surface area contributed by atoms with Crippen molar-refractivity contribution in [3.05, 3.63) is 22.2 Å². The minimum absolute atomic E-state index is 0.0727. The van der Waals surface area contributed by atoms with E-state index >= 15 is 0 Å². The molecule has 1 aliphatic heterocycles. The van der Waals surface area contributed by atoms with E-state index in [0.717, 1.165) is 37.8 Å². The van der Waals surface area contributed by atoms with Gasteiger partial charge in [0, 0.05) is 50.7 Å². The highest BCUT2D eigenvalue weighted by Gasteiger charge is 2.21. The van der Waals surface area contributed by atoms with E-state index in [1.807, 2.05) is 13.8 Å². The number of nitrogens with two attached hydrogens (primary N) is 1. The van der Waals surface area contributed by atoms with E-state index in [9.17, 15) is 4.79 Å². The number of nitrogens with zero attached hydrogens (tertiary/aromatic N) is 3. The van der Waals surface area contributed by atoms with Crippen molar-refractivity contribution < 1.29 is 0 Å². The molecule has 0 radical (unpaired) electrons. The first-order valence-electron chi connectivity index (χ1n) is 7.31. The molecule has 0 spiro atoms. The van der Waals surface area contributed by atoms with Crippen LogP contribution < -0.4 is 16.2 Å². The minimum Gasteiger partial charge on any atom is -0.354 e. The molecule has 2 rings (SSSR count). The van der Waals surface area contributed by atoms with Gasteiger partial charge in [-0.15, -0.1) is 0 Å². The molecule has 1 aliphatic rings. The second-order valence-corrected chi connectivity index (χ2v) is 5.75. The summed E-state index contributed by atoms with van der Waals surface area (Å²) in [5.74, 6) is 1.77. The molecule has 20 heavy (non-hydrogen) atoms. The van der Waals surface area contributed by atoms with Crippen molar-refractivity contribution >= 4 is 5.82 Å². The standard InChI is InChI=1S/C14H25N5O/c1-10(2)14-16-12(8-13(20)17-14)19-6-4-18(5-7-19)11(3)9-15/h8,10-11H,4-7,9,15H2,1-3H3,(H,16,17,20). The average molecular weight is 279 g/mol. The second-order valence-electron chi connectivity index (χ2n) is 5.75. The summed E-state index contributed by atoms with van der Waals surface area (Å²) >= 11 is 0. The predicted molar refractivity (Wildman–Crippen MR) is 81.2 cm³/mol. The summed E-state index contributed by atoms with van der Waals surface area (Å²) in [6.07, 6.45) is 0. The van der Waals surface area contributed by atoms with E-state index in [1.165, 1.54) is 0 Å². The van der Waals surface area contributed by atoms with Crippen molar-refractivity contribution in [2.24, 2.45) is 5.73 Å². The summed E-state index contributed by atoms with van der Waals surface area (Å²) in [5.41, 5.74) is 5.64. The van der Waals surface area contributed by atoms with E-state index in [-0.39, 0.29) is 11.5 Å². The summed E-state index contributed by atoms with van der Waals surface area (Å²) in [7, 11) is 0. The fraction of sp³-hybridized carbons (Fsp3) is 0.714. The van der Waals surface area contributed by atoms with Crippen LogP contribution in [0.2, 0.25) is 0 Å². The van der Waals surface area contributed by atoms with E-state index in [0.29, 0.717) is 12.6 Å². The zero-order valence-corrected chi connectivity index (χ0v) is 12.6. The molecule has 3 N–H and O–H groups in total. The molecule has 1 aromatic rings. The number of nitrogens with one attached hydrogen (secondary N) is 1. The van der Waals surface area contributed by atoms with Crippen LogP contribution in [0.3, 0.4) is 0 Å². The molecular weight excluding hydrogens is 254 g/mol. The highest BCUT2D eigenvalue weighted by molar-refractivity contribution is 5.38. The molecule has 1 unspecified atom stereocenters. The Morgan fingerprint density at radius 2 is 1.95 bits per heavy atom. The van der Waals surface area contributed by atoms with E-state index < -0.39 is 0 Å². The number of aromatic nitrogens is 2. The highest BCUT2D eigenvalue weighted by Crippen LogP contribution is 2.15. The number of aromatic amines is 1. The quantitative estimate of drug-likeness (QED) is 0.832. The van der Waals surface area contributed by atoms with Crippen molar-refractivity contribution in [1.29, 1.82) is 0 Å². The number of H-pyrrole nitrogens is 1. The van der Waals surface area contributed by atoms with Crippen LogP contribution in [0.25, 0.3) is 0 Å². The first kappa shape index (κ1) is 15.0. The highest BCUT2D eigenvalue weighted by atomic mass is 16.1. The molecule has 1 saturated heterocycles. The normalized spacial score (nSPS) is 18.6. The van der Waals surface area contributed by atoms with Gasteiger partial charge in [0.15, 0.2) is 0 Å². The maximum absolute atomic E-state index is 11.7. The van der Waals surface area contributed by atoms with Crippen molar-refractivity contribution in [2.45, 2.75) is 32.7 Å². The Morgan fingerprint density at radius 1 is 1.30 bits per heavy atom. The van der Waals surface area contributed by atoms with Crippen LogP contribution in [0.4, 0.5) is 5.82 Å². The molecule has 112 valence electrons. The molecule has 6 nitrogen and oxygen atoms in total. The Hall–Kier alpha value is -1.40. The summed E-state index contributed by atoms with van der Waals surface area (Å²) in [6, 6.07) is 2.00. The molecule has 0 amide bonds. The van der Waals surface area contributed by atoms with Gasteiger partial charge in [-0.25, -0.2) is 4.98 Å². The molecule has 0 aromatic carbocycles. The molecular formula is C14H25N5O. The van der Waals surface area contributed by atoms with Crippen LogP contribution in [0.1, 0.15) is 32.5 Å². The third-order valence-corrected chi connectivity index (χ3v) is 3.90. The Kier molecular flexibility index (Phi) is 4.77. The number of hydrogen-bond donors (Lipinski definition) is 2. The Morgan fingerprint density at radius 3 is 2.50 bits per heavy atom. The summed E-state index contributed by atoms with van der Waals surface area (Å²) in [6.45, 7) is 10.6. The van der Waals surface area contributed by atoms with Crippen LogP contribution in [0, 0.1) is 0 Å². The monoisotopic (exact) mass is 279 g/mol. The van der Waals surface area contributed by atoms with Gasteiger partial charge in [0.25, 0.3) is 5.56 Å². The van der Waals surface area contributed by atoms with Crippen LogP contribution in [-0.4, -0.2) is 53.6 Å². The first-order chi connectivity index (χ1) is 9.51. The third-order valence-electron chi connectivity index (χ3n) is 3.90. The topological polar surface area (TPSA) is 78.2 Å². The molecule has 0 bridgehead atoms. The lowest BCUT2D eigenvalue weighted by atomic mass is 10.2. The Labute approximate surface area is 120 Å². The number of rotatable bonds is 4. The maximum Gasteiger partial charge on any atom is 0.252 e. The number of anilines is 1. The Bertz CT molecular complexity index is 491. The molecule has 0 aliphatic carbocycles. The van der Waals surface area contributed by atoms with Gasteiger partial charge in [0.2, 0.25) is 0 Å². The summed E-state index contributed by atoms with van der Waals surface area (Å²) < 4.78 is 0. The van der Waals surface area contributed by atoms with Crippen LogP contribution in [-0.2, 0) is 0 Å². The summed E-state index contributed by atoms with van der Waals surface area (Å²) in [4.78, 5) is 23.7. The molecule has 1 fully saturated rings. The summed E-state index contributed by atoms with van der Waals surface area (Å²) in [5, 5.41) is 0. The number of piperazine rings is 1. The van der Waals surface area contributed by atoms with Gasteiger partial charge >= 0.3 is 0 Å². The second kappa shape index (κ2) is 6.37. The first-order valence-corrected chi connectivity index (χ1v) is 7.31. The van der Waals surface area contributed by atoms with Crippen LogP contribution >= 0.6 is 0 Å². The van der Waals surface area contributed by atoms with Crippen molar-refractivity contribution in [2.75, 3.05) is 37.6 Å². The van der Waals surface area contributed by atoms with E-state index in [2.05, 4.69) is 26.7 Å². The third kappa shape index (κ3) is 3.37. The van der Waals surface area contributed by atoms with E-state index in [1.54, 1.807) is 6.07 Å². The molecule has 1 atom stereocenters. The van der Waals surface area contributed by atoms with Crippen LogP contribution in [0.5, 0.6) is 0 Å². The van der Waals surface area contributed by atoms with Crippen molar-refractivity contribution in [3.63, 3.8) is 0 Å². The van der Waals surface area contributed by atoms with Crippen molar-refractivity contribution in [3.8, 4) is 0 Å². The Balaban J connectivity index is 2.09. The van der Waals surface area contributed by atoms with E-state index in [4.69, 9.17) is 5.73 Å². The lowest BCUT2D eigenvalue weighted by molar-refractivity contribution is 0.201. The van der Waals surface area contributed by atoms with Gasteiger partial charge in [-0.3, -0.25) is 9.69 Å². The number of hydrogen-bond acceptors (Lipinski definition) is 5. The minimum atomic E-state index is -0.0727. The van der Waals surface area contributed by atoms with Crippen LogP contribution in [0.15, 0.2) is 10.9 Å². The SMILES string of the molecule is CC(C)c1nc(N2CCN(C(C)CN)CC2)cc(=O)[nH]1. The lowest BCUT2D eigenvalue weighted by Gasteiger charge is -2.38. The van der Waals surface area contributed by atoms with Gasteiger partial charge in [0.1, 0.15) is 11.6 Å². The van der Waals surface area contributed by atoms with Gasteiger partial charge in [-0.1, -0.05) is 13.8 Å². The molecule has 1 aromatic heterocycles. The maximum atomic E-state index is 11.7. The smallest absolute Gasteiger partial charge is 0.252 e. The van der Waals surface area contributed by atoms with Gasteiger partial charge in [-0.2, -0.15) is 0 Å². The largest absolute Gasteiger partial charge is 0.354 e. The molecule has 6 heteroatoms. The van der Waals surface area contributed by atoms with Gasteiger partial charge in [0.05, 0.1) is 0 Å². The zero-order valence-electron chi connectivity index (χ0n) is 12.6. The fourth-order valence-corrected chi connectivity index (χ4v) is 2.44. The zero-order chi connectivity index (χ0) is 14.7. The van der Waals surface area contributed by atoms with Gasteiger partial charge < -0.3 is 15.6 Å². The lowest BCUT2D eigenvalue weighted by Crippen LogP contribution is -2.51. The van der Waals surface area contributed by atoms with Gasteiger partial charge in [-0.05, 0) is 6.92 Å². The molecule has 2 heterocycles. The predicted octanol–water partition coefficient (Wildman–Crippen LogP) is 0.363. The average Bonchev–Trinajstić information content (AvgIpc) is 2.46. The van der Waals surface area contributed by atoms with Crippen molar-refractivity contribution in [1.82, 2.24) is 14.9 Å². The molecule has 0 saturated carbocycles.